The first-order valence-electron chi connectivity index (χ1n) is 7.60. The average Bonchev–Trinajstić information content (AvgIpc) is 2.59. The van der Waals surface area contributed by atoms with E-state index in [0.29, 0.717) is 18.7 Å². The van der Waals surface area contributed by atoms with Crippen LogP contribution in [-0.4, -0.2) is 36.6 Å². The number of amides is 1. The highest BCUT2D eigenvalue weighted by molar-refractivity contribution is 5.91. The minimum absolute atomic E-state index is 0.329. The molecule has 6 nitrogen and oxygen atoms in total. The number of carbonyl (C=O) groups excluding carboxylic acids is 2. The van der Waals surface area contributed by atoms with Crippen molar-refractivity contribution in [1.29, 1.82) is 0 Å². The third kappa shape index (κ3) is 5.39. The minimum atomic E-state index is -0.556. The summed E-state index contributed by atoms with van der Waals surface area (Å²) >= 11 is 0. The fourth-order valence-corrected chi connectivity index (χ4v) is 2.07. The number of carbonyl (C=O) groups is 2. The van der Waals surface area contributed by atoms with Crippen LogP contribution in [0.25, 0.3) is 0 Å². The molecular weight excluding hydrogens is 308 g/mol. The number of benzene rings is 1. The Kier molecular flexibility index (Phi) is 6.31. The van der Waals surface area contributed by atoms with Crippen molar-refractivity contribution in [3.05, 3.63) is 59.4 Å². The van der Waals surface area contributed by atoms with Gasteiger partial charge in [-0.25, -0.2) is 4.79 Å². The lowest BCUT2D eigenvalue weighted by atomic mass is 10.1. The van der Waals surface area contributed by atoms with Crippen molar-refractivity contribution in [1.82, 2.24) is 10.3 Å². The lowest BCUT2D eigenvalue weighted by molar-refractivity contribution is -0.124. The Bertz CT molecular complexity index is 701. The number of pyridine rings is 1. The van der Waals surface area contributed by atoms with Gasteiger partial charge in [0, 0.05) is 12.4 Å². The van der Waals surface area contributed by atoms with Crippen molar-refractivity contribution in [3.8, 4) is 5.75 Å². The second-order valence-electron chi connectivity index (χ2n) is 5.28. The molecule has 1 aromatic carbocycles. The molecule has 24 heavy (non-hydrogen) atoms. The summed E-state index contributed by atoms with van der Waals surface area (Å²) in [5.41, 5.74) is 2.58. The predicted octanol–water partition coefficient (Wildman–Crippen LogP) is 2.05. The smallest absolute Gasteiger partial charge is 0.338 e. The zero-order chi connectivity index (χ0) is 17.4. The summed E-state index contributed by atoms with van der Waals surface area (Å²) in [6, 6.07) is 8.96. The molecule has 0 saturated heterocycles. The first-order chi connectivity index (χ1) is 11.6. The largest absolute Gasteiger partial charge is 0.491 e. The van der Waals surface area contributed by atoms with Crippen LogP contribution < -0.4 is 10.1 Å². The van der Waals surface area contributed by atoms with Crippen molar-refractivity contribution in [2.24, 2.45) is 0 Å². The van der Waals surface area contributed by atoms with Gasteiger partial charge < -0.3 is 14.8 Å². The summed E-state index contributed by atoms with van der Waals surface area (Å²) in [7, 11) is 0. The van der Waals surface area contributed by atoms with E-state index in [1.54, 1.807) is 0 Å². The summed E-state index contributed by atoms with van der Waals surface area (Å²) in [5.74, 6) is -0.139. The SMILES string of the molecule is Cc1ccc(OCCNC(=O)COC(=O)c2ccncc2)c(C)c1. The van der Waals surface area contributed by atoms with Gasteiger partial charge in [0.1, 0.15) is 12.4 Å². The average molecular weight is 328 g/mol. The maximum Gasteiger partial charge on any atom is 0.338 e. The molecule has 0 saturated carbocycles. The Morgan fingerprint density at radius 2 is 1.88 bits per heavy atom. The van der Waals surface area contributed by atoms with Gasteiger partial charge in [-0.1, -0.05) is 17.7 Å². The van der Waals surface area contributed by atoms with E-state index >= 15 is 0 Å². The van der Waals surface area contributed by atoms with E-state index in [9.17, 15) is 9.59 Å². The van der Waals surface area contributed by atoms with Crippen molar-refractivity contribution < 1.29 is 19.1 Å². The minimum Gasteiger partial charge on any atom is -0.491 e. The van der Waals surface area contributed by atoms with Gasteiger partial charge in [-0.3, -0.25) is 9.78 Å². The van der Waals surface area contributed by atoms with Crippen LogP contribution in [0.2, 0.25) is 0 Å². The van der Waals surface area contributed by atoms with E-state index in [-0.39, 0.29) is 12.5 Å². The molecule has 126 valence electrons. The maximum absolute atomic E-state index is 11.7. The molecule has 0 spiro atoms. The molecule has 0 aliphatic carbocycles. The second kappa shape index (κ2) is 8.67. The maximum atomic E-state index is 11.7. The number of esters is 1. The molecule has 0 radical (unpaired) electrons. The summed E-state index contributed by atoms with van der Waals surface area (Å²) in [4.78, 5) is 27.1. The molecule has 0 aliphatic heterocycles. The number of aromatic nitrogens is 1. The van der Waals surface area contributed by atoms with Crippen molar-refractivity contribution >= 4 is 11.9 Å². The molecular formula is C18H20N2O4. The molecule has 1 N–H and O–H groups in total. The standard InChI is InChI=1S/C18H20N2O4/c1-13-3-4-16(14(2)11-13)23-10-9-20-17(21)12-24-18(22)15-5-7-19-8-6-15/h3-8,11H,9-10,12H2,1-2H3,(H,20,21). The van der Waals surface area contributed by atoms with E-state index in [2.05, 4.69) is 10.3 Å². The van der Waals surface area contributed by atoms with Crippen LogP contribution in [-0.2, 0) is 9.53 Å². The topological polar surface area (TPSA) is 77.5 Å². The molecule has 2 aromatic rings. The van der Waals surface area contributed by atoms with E-state index in [1.165, 1.54) is 30.1 Å². The number of ether oxygens (including phenoxy) is 2. The number of hydrogen-bond donors (Lipinski definition) is 1. The van der Waals surface area contributed by atoms with Gasteiger partial charge in [0.2, 0.25) is 0 Å². The van der Waals surface area contributed by atoms with Gasteiger partial charge in [0.15, 0.2) is 6.61 Å². The number of nitrogens with one attached hydrogen (secondary N) is 1. The zero-order valence-corrected chi connectivity index (χ0v) is 13.7. The third-order valence-electron chi connectivity index (χ3n) is 3.26. The highest BCUT2D eigenvalue weighted by Crippen LogP contribution is 2.18. The van der Waals surface area contributed by atoms with Gasteiger partial charge in [-0.05, 0) is 37.6 Å². The highest BCUT2D eigenvalue weighted by Gasteiger charge is 2.09. The van der Waals surface area contributed by atoms with Crippen LogP contribution in [0.3, 0.4) is 0 Å². The van der Waals surface area contributed by atoms with Gasteiger partial charge >= 0.3 is 5.97 Å². The van der Waals surface area contributed by atoms with Crippen molar-refractivity contribution in [3.63, 3.8) is 0 Å². The number of rotatable bonds is 7. The predicted molar refractivity (Wildman–Crippen MR) is 88.9 cm³/mol. The Balaban J connectivity index is 1.65. The summed E-state index contributed by atoms with van der Waals surface area (Å²) in [6.07, 6.45) is 2.97. The van der Waals surface area contributed by atoms with Gasteiger partial charge in [0.25, 0.3) is 5.91 Å². The van der Waals surface area contributed by atoms with Gasteiger partial charge in [0.05, 0.1) is 12.1 Å². The van der Waals surface area contributed by atoms with Crippen molar-refractivity contribution in [2.75, 3.05) is 19.8 Å². The van der Waals surface area contributed by atoms with E-state index in [4.69, 9.17) is 9.47 Å². The quantitative estimate of drug-likeness (QED) is 0.622. The Morgan fingerprint density at radius 1 is 1.12 bits per heavy atom. The molecule has 0 unspecified atom stereocenters. The highest BCUT2D eigenvalue weighted by atomic mass is 16.5. The number of aryl methyl sites for hydroxylation is 2. The zero-order valence-electron chi connectivity index (χ0n) is 13.7. The summed E-state index contributed by atoms with van der Waals surface area (Å²) in [5, 5.41) is 2.64. The Hall–Kier alpha value is -2.89. The normalized spacial score (nSPS) is 10.1. The summed E-state index contributed by atoms with van der Waals surface area (Å²) < 4.78 is 10.5. The molecule has 0 atom stereocenters. The molecule has 1 heterocycles. The number of nitrogens with zero attached hydrogens (tertiary/aromatic N) is 1. The first kappa shape index (κ1) is 17.5. The molecule has 6 heteroatoms. The number of hydrogen-bond acceptors (Lipinski definition) is 5. The third-order valence-corrected chi connectivity index (χ3v) is 3.26. The molecule has 1 aromatic heterocycles. The molecule has 0 fully saturated rings. The Morgan fingerprint density at radius 3 is 2.58 bits per heavy atom. The van der Waals surface area contributed by atoms with Gasteiger partial charge in [-0.15, -0.1) is 0 Å². The molecule has 0 bridgehead atoms. The van der Waals surface area contributed by atoms with Crippen LogP contribution in [0.15, 0.2) is 42.7 Å². The molecule has 2 rings (SSSR count). The van der Waals surface area contributed by atoms with Crippen molar-refractivity contribution in [2.45, 2.75) is 13.8 Å². The van der Waals surface area contributed by atoms with E-state index in [0.717, 1.165) is 11.3 Å². The molecule has 1 amide bonds. The van der Waals surface area contributed by atoms with Gasteiger partial charge in [-0.2, -0.15) is 0 Å². The Labute approximate surface area is 140 Å². The lowest BCUT2D eigenvalue weighted by Gasteiger charge is -2.10. The fourth-order valence-electron chi connectivity index (χ4n) is 2.07. The summed E-state index contributed by atoms with van der Waals surface area (Å²) in [6.45, 7) is 4.33. The van der Waals surface area contributed by atoms with Crippen LogP contribution in [0.5, 0.6) is 5.75 Å². The molecule has 0 aliphatic rings. The second-order valence-corrected chi connectivity index (χ2v) is 5.28. The van der Waals surface area contributed by atoms with Crippen LogP contribution >= 0.6 is 0 Å². The van der Waals surface area contributed by atoms with Crippen LogP contribution in [0.1, 0.15) is 21.5 Å². The lowest BCUT2D eigenvalue weighted by Crippen LogP contribution is -2.32. The first-order valence-corrected chi connectivity index (χ1v) is 7.60. The monoisotopic (exact) mass is 328 g/mol. The van der Waals surface area contributed by atoms with E-state index < -0.39 is 5.97 Å². The van der Waals surface area contributed by atoms with E-state index in [1.807, 2.05) is 32.0 Å². The van der Waals surface area contributed by atoms with Crippen LogP contribution in [0, 0.1) is 13.8 Å². The fraction of sp³-hybridized carbons (Fsp3) is 0.278. The van der Waals surface area contributed by atoms with Crippen LogP contribution in [0.4, 0.5) is 0 Å².